The number of piperazine rings is 1. The highest BCUT2D eigenvalue weighted by atomic mass is 35.5. The van der Waals surface area contributed by atoms with Crippen LogP contribution in [0.5, 0.6) is 0 Å². The van der Waals surface area contributed by atoms with Crippen molar-refractivity contribution in [2.24, 2.45) is 0 Å². The lowest BCUT2D eigenvalue weighted by atomic mass is 10.1. The van der Waals surface area contributed by atoms with Crippen LogP contribution in [0.15, 0.2) is 53.4 Å². The Bertz CT molecular complexity index is 876. The highest BCUT2D eigenvalue weighted by Gasteiger charge is 2.30. The zero-order chi connectivity index (χ0) is 18.0. The zero-order valence-electron chi connectivity index (χ0n) is 13.9. The van der Waals surface area contributed by atoms with Gasteiger partial charge < -0.3 is 4.90 Å². The first-order valence-corrected chi connectivity index (χ1v) is 9.82. The minimum Gasteiger partial charge on any atom is -0.336 e. The molecule has 0 unspecified atom stereocenters. The fraction of sp³-hybridized carbons (Fsp3) is 0.278. The maximum absolute atomic E-state index is 12.6. The van der Waals surface area contributed by atoms with Gasteiger partial charge in [-0.3, -0.25) is 4.79 Å². The number of sulfonamides is 1. The molecule has 5 nitrogen and oxygen atoms in total. The standard InChI is InChI=1S/C18H19ClN2O3S/c1-14-7-8-16(17(19)13-14)18(22)20-9-11-21(12-10-20)25(23,24)15-5-3-2-4-6-15/h2-8,13H,9-12H2,1H3. The van der Waals surface area contributed by atoms with Crippen molar-refractivity contribution in [2.75, 3.05) is 26.2 Å². The topological polar surface area (TPSA) is 57.7 Å². The van der Waals surface area contributed by atoms with Gasteiger partial charge in [0.05, 0.1) is 15.5 Å². The minimum absolute atomic E-state index is 0.165. The van der Waals surface area contributed by atoms with Crippen molar-refractivity contribution in [3.63, 3.8) is 0 Å². The van der Waals surface area contributed by atoms with Gasteiger partial charge in [0, 0.05) is 26.2 Å². The number of nitrogens with zero attached hydrogens (tertiary/aromatic N) is 2. The Morgan fingerprint density at radius 3 is 2.24 bits per heavy atom. The first-order valence-electron chi connectivity index (χ1n) is 8.00. The molecule has 1 aliphatic rings. The molecule has 1 heterocycles. The molecular formula is C18H19ClN2O3S. The Morgan fingerprint density at radius 2 is 1.64 bits per heavy atom. The van der Waals surface area contributed by atoms with E-state index in [1.807, 2.05) is 13.0 Å². The molecule has 1 fully saturated rings. The molecule has 1 amide bonds. The maximum atomic E-state index is 12.6. The zero-order valence-corrected chi connectivity index (χ0v) is 15.4. The van der Waals surface area contributed by atoms with Gasteiger partial charge in [-0.1, -0.05) is 35.9 Å². The Morgan fingerprint density at radius 1 is 1.00 bits per heavy atom. The summed E-state index contributed by atoms with van der Waals surface area (Å²) in [5, 5.41) is 0.421. The van der Waals surface area contributed by atoms with E-state index in [0.717, 1.165) is 5.56 Å². The van der Waals surface area contributed by atoms with Gasteiger partial charge >= 0.3 is 0 Å². The minimum atomic E-state index is -3.52. The number of rotatable bonds is 3. The number of amides is 1. The molecule has 2 aromatic carbocycles. The molecule has 0 saturated carbocycles. The number of benzene rings is 2. The third-order valence-electron chi connectivity index (χ3n) is 4.26. The molecule has 0 spiro atoms. The van der Waals surface area contributed by atoms with Crippen molar-refractivity contribution < 1.29 is 13.2 Å². The largest absolute Gasteiger partial charge is 0.336 e. The van der Waals surface area contributed by atoms with Gasteiger partial charge in [-0.15, -0.1) is 0 Å². The Hall–Kier alpha value is -1.89. The van der Waals surface area contributed by atoms with E-state index >= 15 is 0 Å². The fourth-order valence-corrected chi connectivity index (χ4v) is 4.60. The Kier molecular flexibility index (Phi) is 5.13. The third kappa shape index (κ3) is 3.71. The van der Waals surface area contributed by atoms with Gasteiger partial charge in [0.2, 0.25) is 10.0 Å². The van der Waals surface area contributed by atoms with E-state index in [1.54, 1.807) is 47.4 Å². The van der Waals surface area contributed by atoms with E-state index in [9.17, 15) is 13.2 Å². The quantitative estimate of drug-likeness (QED) is 0.825. The summed E-state index contributed by atoms with van der Waals surface area (Å²) in [4.78, 5) is 14.6. The monoisotopic (exact) mass is 378 g/mol. The summed E-state index contributed by atoms with van der Waals surface area (Å²) in [5.74, 6) is -0.165. The smallest absolute Gasteiger partial charge is 0.255 e. The van der Waals surface area contributed by atoms with Crippen LogP contribution in [0.3, 0.4) is 0 Å². The number of halogens is 1. The molecule has 25 heavy (non-hydrogen) atoms. The van der Waals surface area contributed by atoms with Gasteiger partial charge in [0.1, 0.15) is 0 Å². The lowest BCUT2D eigenvalue weighted by Crippen LogP contribution is -2.50. The molecule has 0 aliphatic carbocycles. The van der Waals surface area contributed by atoms with E-state index in [0.29, 0.717) is 23.7 Å². The van der Waals surface area contributed by atoms with E-state index in [-0.39, 0.29) is 23.9 Å². The number of carbonyl (C=O) groups excluding carboxylic acids is 1. The molecule has 0 atom stereocenters. The van der Waals surface area contributed by atoms with Gasteiger partial charge in [0.25, 0.3) is 5.91 Å². The number of hydrogen-bond donors (Lipinski definition) is 0. The molecule has 132 valence electrons. The number of carbonyl (C=O) groups is 1. The van der Waals surface area contributed by atoms with Crippen LogP contribution in [0.2, 0.25) is 5.02 Å². The van der Waals surface area contributed by atoms with Crippen molar-refractivity contribution >= 4 is 27.5 Å². The molecule has 0 radical (unpaired) electrons. The predicted molar refractivity (Wildman–Crippen MR) is 97.3 cm³/mol. The summed E-state index contributed by atoms with van der Waals surface area (Å²) in [5.41, 5.74) is 1.44. The summed E-state index contributed by atoms with van der Waals surface area (Å²) >= 11 is 6.17. The summed E-state index contributed by atoms with van der Waals surface area (Å²) in [6, 6.07) is 13.7. The fourth-order valence-electron chi connectivity index (χ4n) is 2.84. The van der Waals surface area contributed by atoms with Gasteiger partial charge in [-0.25, -0.2) is 8.42 Å². The van der Waals surface area contributed by atoms with Crippen molar-refractivity contribution in [1.29, 1.82) is 0 Å². The van der Waals surface area contributed by atoms with Gasteiger partial charge in [-0.05, 0) is 36.8 Å². The second-order valence-corrected chi connectivity index (χ2v) is 8.34. The molecule has 1 aliphatic heterocycles. The van der Waals surface area contributed by atoms with Crippen molar-refractivity contribution in [3.05, 3.63) is 64.7 Å². The first kappa shape index (κ1) is 17.9. The van der Waals surface area contributed by atoms with E-state index in [2.05, 4.69) is 0 Å². The van der Waals surface area contributed by atoms with Crippen LogP contribution in [0.4, 0.5) is 0 Å². The predicted octanol–water partition coefficient (Wildman–Crippen LogP) is 2.80. The highest BCUT2D eigenvalue weighted by Crippen LogP contribution is 2.22. The van der Waals surface area contributed by atoms with E-state index in [4.69, 9.17) is 11.6 Å². The lowest BCUT2D eigenvalue weighted by molar-refractivity contribution is 0.0698. The average Bonchev–Trinajstić information content (AvgIpc) is 2.62. The molecule has 0 aromatic heterocycles. The van der Waals surface area contributed by atoms with Crippen LogP contribution in [-0.4, -0.2) is 49.7 Å². The van der Waals surface area contributed by atoms with Crippen LogP contribution < -0.4 is 0 Å². The summed E-state index contributed by atoms with van der Waals surface area (Å²) in [6.45, 7) is 3.14. The van der Waals surface area contributed by atoms with Crippen LogP contribution in [0, 0.1) is 6.92 Å². The first-order chi connectivity index (χ1) is 11.9. The maximum Gasteiger partial charge on any atom is 0.255 e. The number of aryl methyl sites for hydroxylation is 1. The second-order valence-electron chi connectivity index (χ2n) is 5.99. The second kappa shape index (κ2) is 7.15. The van der Waals surface area contributed by atoms with Crippen molar-refractivity contribution in [3.8, 4) is 0 Å². The number of hydrogen-bond acceptors (Lipinski definition) is 3. The average molecular weight is 379 g/mol. The van der Waals surface area contributed by atoms with Crippen LogP contribution in [-0.2, 0) is 10.0 Å². The highest BCUT2D eigenvalue weighted by molar-refractivity contribution is 7.89. The van der Waals surface area contributed by atoms with Crippen LogP contribution in [0.25, 0.3) is 0 Å². The molecule has 2 aromatic rings. The SMILES string of the molecule is Cc1ccc(C(=O)N2CCN(S(=O)(=O)c3ccccc3)CC2)c(Cl)c1. The van der Waals surface area contributed by atoms with Crippen molar-refractivity contribution in [1.82, 2.24) is 9.21 Å². The van der Waals surface area contributed by atoms with Crippen LogP contribution in [0.1, 0.15) is 15.9 Å². The van der Waals surface area contributed by atoms with Crippen molar-refractivity contribution in [2.45, 2.75) is 11.8 Å². The van der Waals surface area contributed by atoms with Crippen LogP contribution >= 0.6 is 11.6 Å². The summed E-state index contributed by atoms with van der Waals surface area (Å²) < 4.78 is 26.7. The van der Waals surface area contributed by atoms with Gasteiger partial charge in [0.15, 0.2) is 0 Å². The summed E-state index contributed by atoms with van der Waals surface area (Å²) in [6.07, 6.45) is 0. The molecule has 0 bridgehead atoms. The Balaban J connectivity index is 1.70. The molecule has 1 saturated heterocycles. The summed E-state index contributed by atoms with van der Waals surface area (Å²) in [7, 11) is -3.52. The molecular weight excluding hydrogens is 360 g/mol. The Labute approximate surface area is 152 Å². The molecule has 0 N–H and O–H groups in total. The lowest BCUT2D eigenvalue weighted by Gasteiger charge is -2.34. The van der Waals surface area contributed by atoms with Gasteiger partial charge in [-0.2, -0.15) is 4.31 Å². The third-order valence-corrected chi connectivity index (χ3v) is 6.49. The molecule has 7 heteroatoms. The normalized spacial score (nSPS) is 16.0. The van der Waals surface area contributed by atoms with E-state index in [1.165, 1.54) is 4.31 Å². The molecule has 3 rings (SSSR count). The van der Waals surface area contributed by atoms with E-state index < -0.39 is 10.0 Å².